The summed E-state index contributed by atoms with van der Waals surface area (Å²) in [5, 5.41) is 0. The van der Waals surface area contributed by atoms with Crippen molar-refractivity contribution in [2.75, 3.05) is 12.9 Å². The van der Waals surface area contributed by atoms with E-state index >= 15 is 0 Å². The maximum Gasteiger partial charge on any atom is 0.673 e. The Kier molecular flexibility index (Phi) is 7.13. The van der Waals surface area contributed by atoms with Crippen molar-refractivity contribution in [1.29, 1.82) is 0 Å². The Balaban J connectivity index is 0.000000465. The number of halogens is 4. The number of benzene rings is 2. The van der Waals surface area contributed by atoms with E-state index < -0.39 is 7.25 Å². The van der Waals surface area contributed by atoms with Crippen molar-refractivity contribution < 1.29 is 26.8 Å². The van der Waals surface area contributed by atoms with Crippen molar-refractivity contribution in [3.8, 4) is 0 Å². The lowest BCUT2D eigenvalue weighted by Crippen LogP contribution is -2.20. The van der Waals surface area contributed by atoms with Crippen LogP contribution in [0, 0.1) is 0 Å². The van der Waals surface area contributed by atoms with E-state index in [-0.39, 0.29) is 16.9 Å². The van der Waals surface area contributed by atoms with Crippen molar-refractivity contribution in [2.45, 2.75) is 12.7 Å². The lowest BCUT2D eigenvalue weighted by molar-refractivity contribution is -0.136. The van der Waals surface area contributed by atoms with Gasteiger partial charge in [-0.25, -0.2) is 4.79 Å². The Morgan fingerprint density at radius 1 is 1.04 bits per heavy atom. The van der Waals surface area contributed by atoms with Crippen LogP contribution in [0.1, 0.15) is 23.6 Å². The van der Waals surface area contributed by atoms with Gasteiger partial charge in [0.2, 0.25) is 0 Å². The molecule has 0 saturated carbocycles. The third kappa shape index (κ3) is 5.89. The van der Waals surface area contributed by atoms with Gasteiger partial charge < -0.3 is 22.0 Å². The zero-order chi connectivity index (χ0) is 20.0. The van der Waals surface area contributed by atoms with Gasteiger partial charge in [-0.3, -0.25) is 0 Å². The number of hydrogen-bond acceptors (Lipinski definition) is 2. The fourth-order valence-electron chi connectivity index (χ4n) is 2.83. The summed E-state index contributed by atoms with van der Waals surface area (Å²) in [6.45, 7) is 2.24. The van der Waals surface area contributed by atoms with Crippen LogP contribution in [0.2, 0.25) is 0 Å². The Morgan fingerprint density at radius 3 is 2.19 bits per heavy atom. The summed E-state index contributed by atoms with van der Waals surface area (Å²) >= 11 is 0. The molecule has 0 radical (unpaired) electrons. The Labute approximate surface area is 158 Å². The second kappa shape index (κ2) is 9.13. The Hall–Kier alpha value is -2.22. The normalized spacial score (nSPS) is 16.1. The number of esters is 1. The molecule has 0 aromatic heterocycles. The molecule has 1 aliphatic heterocycles. The molecule has 0 fully saturated rings. The van der Waals surface area contributed by atoms with E-state index in [1.54, 1.807) is 0 Å². The first kappa shape index (κ1) is 21.1. The molecular weight excluding hydrogens is 379 g/mol. The zero-order valence-electron chi connectivity index (χ0n) is 14.9. The van der Waals surface area contributed by atoms with Gasteiger partial charge in [-0.05, 0) is 19.1 Å². The molecule has 1 aliphatic rings. The van der Waals surface area contributed by atoms with Gasteiger partial charge in [-0.1, -0.05) is 42.5 Å². The number of fused-ring (bicyclic) bond motifs is 1. The van der Waals surface area contributed by atoms with E-state index in [0.717, 1.165) is 27.4 Å². The summed E-state index contributed by atoms with van der Waals surface area (Å²) in [6, 6.07) is 18.3. The number of ether oxygens (including phenoxy) is 1. The maximum absolute atomic E-state index is 12.6. The fourth-order valence-corrected chi connectivity index (χ4v) is 4.78. The molecule has 2 aromatic carbocycles. The minimum atomic E-state index is -6.00. The van der Waals surface area contributed by atoms with Crippen molar-refractivity contribution in [1.82, 2.24) is 0 Å². The van der Waals surface area contributed by atoms with E-state index in [1.807, 2.05) is 43.3 Å². The minimum Gasteiger partial charge on any atom is -0.462 e. The van der Waals surface area contributed by atoms with Gasteiger partial charge in [-0.15, -0.1) is 0 Å². The molecule has 2 nitrogen and oxygen atoms in total. The molecule has 8 heteroatoms. The summed E-state index contributed by atoms with van der Waals surface area (Å²) < 4.78 is 44.3. The molecule has 1 atom stereocenters. The fraction of sp³-hybridized carbons (Fsp3) is 0.211. The summed E-state index contributed by atoms with van der Waals surface area (Å²) in [7, 11) is -6.02. The number of hydrogen-bond donors (Lipinski definition) is 0. The van der Waals surface area contributed by atoms with Crippen molar-refractivity contribution in [2.24, 2.45) is 0 Å². The molecular formula is C19H19BF4O2S. The highest BCUT2D eigenvalue weighted by atomic mass is 32.2. The van der Waals surface area contributed by atoms with Crippen LogP contribution in [0.15, 0.2) is 54.6 Å². The van der Waals surface area contributed by atoms with Crippen LogP contribution in [0.25, 0.3) is 10.5 Å². The SMILES string of the molecule is CCOC(=O)C1=C(c2ccccc2)[S+](C)Cc2ccccc21.F[B-](F)(F)F. The van der Waals surface area contributed by atoms with Gasteiger partial charge in [0, 0.05) is 27.6 Å². The maximum atomic E-state index is 12.6. The monoisotopic (exact) mass is 398 g/mol. The lowest BCUT2D eigenvalue weighted by Gasteiger charge is -2.21. The number of carbonyl (C=O) groups excluding carboxylic acids is 1. The van der Waals surface area contributed by atoms with Crippen LogP contribution < -0.4 is 0 Å². The molecule has 27 heavy (non-hydrogen) atoms. The average molecular weight is 398 g/mol. The minimum absolute atomic E-state index is 0.0158. The smallest absolute Gasteiger partial charge is 0.462 e. The lowest BCUT2D eigenvalue weighted by atomic mass is 9.97. The van der Waals surface area contributed by atoms with E-state index in [4.69, 9.17) is 4.74 Å². The van der Waals surface area contributed by atoms with E-state index in [1.165, 1.54) is 5.56 Å². The molecule has 0 spiro atoms. The first-order valence-corrected chi connectivity index (χ1v) is 10.1. The Bertz CT molecular complexity index is 816. The summed E-state index contributed by atoms with van der Waals surface area (Å²) in [6.07, 6.45) is 2.21. The van der Waals surface area contributed by atoms with Gasteiger partial charge in [0.05, 0.1) is 6.61 Å². The summed E-state index contributed by atoms with van der Waals surface area (Å²) in [5.74, 6) is 0.761. The predicted molar refractivity (Wildman–Crippen MR) is 104 cm³/mol. The first-order valence-electron chi connectivity index (χ1n) is 8.27. The van der Waals surface area contributed by atoms with Crippen molar-refractivity contribution in [3.05, 3.63) is 71.3 Å². The zero-order valence-corrected chi connectivity index (χ0v) is 15.7. The third-order valence-corrected chi connectivity index (χ3v) is 5.63. The second-order valence-electron chi connectivity index (χ2n) is 5.72. The largest absolute Gasteiger partial charge is 0.673 e. The van der Waals surface area contributed by atoms with Gasteiger partial charge in [0.1, 0.15) is 17.6 Å². The number of carbonyl (C=O) groups is 1. The first-order chi connectivity index (χ1) is 12.7. The van der Waals surface area contributed by atoms with Crippen LogP contribution in [-0.2, 0) is 26.2 Å². The van der Waals surface area contributed by atoms with Crippen LogP contribution in [0.5, 0.6) is 0 Å². The highest BCUT2D eigenvalue weighted by Crippen LogP contribution is 2.40. The molecule has 0 saturated heterocycles. The molecule has 1 heterocycles. The van der Waals surface area contributed by atoms with Crippen LogP contribution >= 0.6 is 0 Å². The standard InChI is InChI=1S/C19H19O2S.BF4/c1-3-21-19(20)17-16-12-8-7-11-15(16)13-22(2)18(17)14-9-5-4-6-10-14;2-1(3,4)5/h4-12H,3,13H2,1-2H3;/q+1;-1. The van der Waals surface area contributed by atoms with Crippen molar-refractivity contribution >= 4 is 34.6 Å². The van der Waals surface area contributed by atoms with E-state index in [0.29, 0.717) is 6.61 Å². The van der Waals surface area contributed by atoms with Gasteiger partial charge in [0.15, 0.2) is 4.91 Å². The molecule has 0 N–H and O–H groups in total. The molecule has 0 aliphatic carbocycles. The van der Waals surface area contributed by atoms with Gasteiger partial charge in [-0.2, -0.15) is 0 Å². The van der Waals surface area contributed by atoms with Gasteiger partial charge >= 0.3 is 13.2 Å². The number of rotatable bonds is 3. The van der Waals surface area contributed by atoms with E-state index in [2.05, 4.69) is 24.5 Å². The Morgan fingerprint density at radius 2 is 1.59 bits per heavy atom. The summed E-state index contributed by atoms with van der Waals surface area (Å²) in [5.41, 5.74) is 4.10. The molecule has 0 amide bonds. The molecule has 3 rings (SSSR count). The van der Waals surface area contributed by atoms with Crippen molar-refractivity contribution in [3.63, 3.8) is 0 Å². The van der Waals surface area contributed by atoms with Gasteiger partial charge in [0.25, 0.3) is 0 Å². The molecule has 2 aromatic rings. The molecule has 1 unspecified atom stereocenters. The highest BCUT2D eigenvalue weighted by Gasteiger charge is 2.37. The molecule has 144 valence electrons. The topological polar surface area (TPSA) is 26.3 Å². The third-order valence-electron chi connectivity index (χ3n) is 3.75. The van der Waals surface area contributed by atoms with Crippen LogP contribution in [0.4, 0.5) is 17.3 Å². The second-order valence-corrected chi connectivity index (χ2v) is 7.70. The molecule has 0 bridgehead atoms. The van der Waals surface area contributed by atoms with Crippen LogP contribution in [0.3, 0.4) is 0 Å². The predicted octanol–water partition coefficient (Wildman–Crippen LogP) is 5.18. The highest BCUT2D eigenvalue weighted by molar-refractivity contribution is 8.04. The summed E-state index contributed by atoms with van der Waals surface area (Å²) in [4.78, 5) is 13.7. The average Bonchev–Trinajstić information content (AvgIpc) is 2.60. The van der Waals surface area contributed by atoms with E-state index in [9.17, 15) is 22.1 Å². The quantitative estimate of drug-likeness (QED) is 0.308. The van der Waals surface area contributed by atoms with Crippen LogP contribution in [-0.4, -0.2) is 26.1 Å².